The van der Waals surface area contributed by atoms with Gasteiger partial charge in [0.1, 0.15) is 11.5 Å². The summed E-state index contributed by atoms with van der Waals surface area (Å²) in [5.74, 6) is 1.72. The predicted molar refractivity (Wildman–Crippen MR) is 209 cm³/mol. The molecule has 0 unspecified atom stereocenters. The fraction of sp³-hybridized carbons (Fsp3) is 0.391. The fourth-order valence-corrected chi connectivity index (χ4v) is 6.67. The predicted octanol–water partition coefficient (Wildman–Crippen LogP) is 10.2. The van der Waals surface area contributed by atoms with Crippen LogP contribution in [0.2, 0.25) is 0 Å². The maximum Gasteiger partial charge on any atom is 0.119 e. The molecule has 0 amide bonds. The molecule has 0 saturated heterocycles. The van der Waals surface area contributed by atoms with Crippen LogP contribution in [0.25, 0.3) is 0 Å². The van der Waals surface area contributed by atoms with E-state index in [0.717, 1.165) is 54.7 Å². The molecule has 4 aromatic rings. The SMILES string of the molecule is CC(C)=COCCCOCCCOc1ccc(C2(c3ccc(OCCCOCCCOC=C(C)C)cc3)c3ccccc3Cc3ccccc32)cc1. The highest BCUT2D eigenvalue weighted by Crippen LogP contribution is 2.51. The van der Waals surface area contributed by atoms with Gasteiger partial charge in [0.2, 0.25) is 0 Å². The zero-order chi connectivity index (χ0) is 36.4. The lowest BCUT2D eigenvalue weighted by atomic mass is 9.60. The number of hydrogen-bond donors (Lipinski definition) is 0. The summed E-state index contributed by atoms with van der Waals surface area (Å²) in [4.78, 5) is 0. The van der Waals surface area contributed by atoms with Crippen LogP contribution in [0.4, 0.5) is 0 Å². The molecule has 1 aliphatic carbocycles. The summed E-state index contributed by atoms with van der Waals surface area (Å²) in [5.41, 5.74) is 9.54. The van der Waals surface area contributed by atoms with Crippen molar-refractivity contribution < 1.29 is 28.4 Å². The van der Waals surface area contributed by atoms with Crippen LogP contribution < -0.4 is 9.47 Å². The van der Waals surface area contributed by atoms with Crippen LogP contribution in [0.15, 0.2) is 121 Å². The number of rotatable bonds is 22. The van der Waals surface area contributed by atoms with E-state index >= 15 is 0 Å². The van der Waals surface area contributed by atoms with Crippen LogP contribution >= 0.6 is 0 Å². The van der Waals surface area contributed by atoms with Gasteiger partial charge in [-0.15, -0.1) is 0 Å². The molecule has 0 heterocycles. The molecule has 0 saturated carbocycles. The van der Waals surface area contributed by atoms with E-state index in [1.165, 1.54) is 33.4 Å². The van der Waals surface area contributed by atoms with Gasteiger partial charge in [0.05, 0.1) is 44.4 Å². The molecule has 0 fully saturated rings. The van der Waals surface area contributed by atoms with E-state index in [1.807, 2.05) is 27.7 Å². The van der Waals surface area contributed by atoms with Gasteiger partial charge in [-0.1, -0.05) is 72.8 Å². The van der Waals surface area contributed by atoms with Crippen LogP contribution in [0.5, 0.6) is 11.5 Å². The van der Waals surface area contributed by atoms with E-state index < -0.39 is 5.41 Å². The van der Waals surface area contributed by atoms with Crippen molar-refractivity contribution in [2.45, 2.75) is 65.2 Å². The molecule has 0 aromatic heterocycles. The van der Waals surface area contributed by atoms with Crippen molar-refractivity contribution in [1.29, 1.82) is 0 Å². The summed E-state index contributed by atoms with van der Waals surface area (Å²) in [6.07, 6.45) is 7.91. The zero-order valence-corrected chi connectivity index (χ0v) is 31.5. The zero-order valence-electron chi connectivity index (χ0n) is 31.5. The van der Waals surface area contributed by atoms with Crippen LogP contribution in [0.3, 0.4) is 0 Å². The van der Waals surface area contributed by atoms with Crippen LogP contribution in [-0.4, -0.2) is 52.9 Å². The summed E-state index contributed by atoms with van der Waals surface area (Å²) in [6.45, 7) is 13.4. The van der Waals surface area contributed by atoms with E-state index in [9.17, 15) is 0 Å². The first-order chi connectivity index (χ1) is 25.5. The highest BCUT2D eigenvalue weighted by atomic mass is 16.5. The number of hydrogen-bond acceptors (Lipinski definition) is 6. The van der Waals surface area contributed by atoms with E-state index in [4.69, 9.17) is 28.4 Å². The van der Waals surface area contributed by atoms with Crippen LogP contribution in [0.1, 0.15) is 86.8 Å². The Kier molecular flexibility index (Phi) is 15.3. The molecule has 6 nitrogen and oxygen atoms in total. The van der Waals surface area contributed by atoms with Crippen molar-refractivity contribution in [3.63, 3.8) is 0 Å². The molecule has 0 spiro atoms. The highest BCUT2D eigenvalue weighted by molar-refractivity contribution is 5.67. The summed E-state index contributed by atoms with van der Waals surface area (Å²) < 4.78 is 34.8. The molecule has 0 atom stereocenters. The van der Waals surface area contributed by atoms with E-state index in [0.29, 0.717) is 52.9 Å². The lowest BCUT2D eigenvalue weighted by molar-refractivity contribution is 0.101. The number of ether oxygens (including phenoxy) is 6. The Morgan fingerprint density at radius 3 is 1.27 bits per heavy atom. The van der Waals surface area contributed by atoms with Gasteiger partial charge in [-0.3, -0.25) is 0 Å². The molecule has 0 radical (unpaired) electrons. The number of allylic oxidation sites excluding steroid dienone is 2. The van der Waals surface area contributed by atoms with E-state index in [-0.39, 0.29) is 0 Å². The second kappa shape index (κ2) is 20.5. The number of benzene rings is 4. The first-order valence-corrected chi connectivity index (χ1v) is 18.8. The molecule has 0 aliphatic heterocycles. The standard InChI is InChI=1S/C46H56O6/c1-36(2)34-49-29-9-25-47-27-11-31-51-42-21-17-40(18-22-42)46(44-15-7-5-13-38(44)33-39-14-6-8-16-45(39)46)41-19-23-43(24-20-41)52-32-12-28-48-26-10-30-50-35-37(3)4/h5-8,13-24,34-35H,9-12,25-33H2,1-4H3. The van der Waals surface area contributed by atoms with Crippen molar-refractivity contribution in [1.82, 2.24) is 0 Å². The Morgan fingerprint density at radius 1 is 0.481 bits per heavy atom. The Morgan fingerprint density at radius 2 is 0.865 bits per heavy atom. The molecule has 0 bridgehead atoms. The van der Waals surface area contributed by atoms with Gasteiger partial charge in [-0.2, -0.15) is 0 Å². The van der Waals surface area contributed by atoms with Crippen molar-refractivity contribution in [3.05, 3.63) is 154 Å². The monoisotopic (exact) mass is 704 g/mol. The Hall–Kier alpha value is -4.52. The van der Waals surface area contributed by atoms with Gasteiger partial charge in [0.15, 0.2) is 0 Å². The molecule has 52 heavy (non-hydrogen) atoms. The van der Waals surface area contributed by atoms with Crippen molar-refractivity contribution in [2.24, 2.45) is 0 Å². The number of fused-ring (bicyclic) bond motifs is 2. The van der Waals surface area contributed by atoms with Crippen LogP contribution in [-0.2, 0) is 30.8 Å². The first-order valence-electron chi connectivity index (χ1n) is 18.8. The largest absolute Gasteiger partial charge is 0.501 e. The minimum absolute atomic E-state index is 0.491. The molecule has 276 valence electrons. The quantitative estimate of drug-likeness (QED) is 0.0528. The topological polar surface area (TPSA) is 55.4 Å². The normalized spacial score (nSPS) is 12.6. The third kappa shape index (κ3) is 10.8. The third-order valence-electron chi connectivity index (χ3n) is 8.94. The van der Waals surface area contributed by atoms with Gasteiger partial charge < -0.3 is 28.4 Å². The lowest BCUT2D eigenvalue weighted by Gasteiger charge is -2.42. The average molecular weight is 705 g/mol. The molecular weight excluding hydrogens is 648 g/mol. The van der Waals surface area contributed by atoms with Gasteiger partial charge in [-0.05, 0) is 103 Å². The van der Waals surface area contributed by atoms with Crippen molar-refractivity contribution in [2.75, 3.05) is 52.9 Å². The van der Waals surface area contributed by atoms with E-state index in [2.05, 4.69) is 97.1 Å². The third-order valence-corrected chi connectivity index (χ3v) is 8.94. The minimum Gasteiger partial charge on any atom is -0.501 e. The fourth-order valence-electron chi connectivity index (χ4n) is 6.67. The Labute approximate surface area is 311 Å². The van der Waals surface area contributed by atoms with Crippen molar-refractivity contribution >= 4 is 0 Å². The van der Waals surface area contributed by atoms with Gasteiger partial charge in [0.25, 0.3) is 0 Å². The molecule has 6 heteroatoms. The molecular formula is C46H56O6. The molecule has 1 aliphatic rings. The van der Waals surface area contributed by atoms with Crippen molar-refractivity contribution in [3.8, 4) is 11.5 Å². The highest BCUT2D eigenvalue weighted by Gasteiger charge is 2.43. The first kappa shape index (κ1) is 38.7. The summed E-state index contributed by atoms with van der Waals surface area (Å²) in [5, 5.41) is 0. The van der Waals surface area contributed by atoms with Crippen LogP contribution in [0, 0.1) is 0 Å². The average Bonchev–Trinajstić information content (AvgIpc) is 3.15. The maximum atomic E-state index is 6.16. The smallest absolute Gasteiger partial charge is 0.119 e. The van der Waals surface area contributed by atoms with Gasteiger partial charge >= 0.3 is 0 Å². The maximum absolute atomic E-state index is 6.16. The second-order valence-electron chi connectivity index (χ2n) is 13.8. The summed E-state index contributed by atoms with van der Waals surface area (Å²) >= 11 is 0. The summed E-state index contributed by atoms with van der Waals surface area (Å²) in [6, 6.07) is 35.1. The molecule has 0 N–H and O–H groups in total. The molecule has 4 aromatic carbocycles. The summed E-state index contributed by atoms with van der Waals surface area (Å²) in [7, 11) is 0. The lowest BCUT2D eigenvalue weighted by Crippen LogP contribution is -2.36. The van der Waals surface area contributed by atoms with Gasteiger partial charge in [0, 0.05) is 52.1 Å². The Balaban J connectivity index is 1.24. The second-order valence-corrected chi connectivity index (χ2v) is 13.8. The van der Waals surface area contributed by atoms with E-state index in [1.54, 1.807) is 12.5 Å². The van der Waals surface area contributed by atoms with Gasteiger partial charge in [-0.25, -0.2) is 0 Å². The Bertz CT molecular complexity index is 1570. The molecule has 5 rings (SSSR count). The minimum atomic E-state index is -0.491.